The molecule has 0 spiro atoms. The molecule has 0 fully saturated rings. The second kappa shape index (κ2) is 9.53. The average Bonchev–Trinajstić information content (AvgIpc) is 3.54. The lowest BCUT2D eigenvalue weighted by Gasteiger charge is -2.16. The van der Waals surface area contributed by atoms with Gasteiger partial charge in [-0.3, -0.25) is 10.1 Å². The van der Waals surface area contributed by atoms with Crippen LogP contribution in [0.5, 0.6) is 0 Å². The van der Waals surface area contributed by atoms with Gasteiger partial charge in [-0.15, -0.1) is 0 Å². The molecule has 5 rings (SSSR count). The molecule has 3 heterocycles. The molecular weight excluding hydrogens is 428 g/mol. The molecule has 5 aromatic rings. The van der Waals surface area contributed by atoms with Crippen molar-refractivity contribution in [3.05, 3.63) is 84.9 Å². The number of H-pyrrole nitrogens is 1. The highest BCUT2D eigenvalue weighted by Crippen LogP contribution is 2.18. The van der Waals surface area contributed by atoms with Crippen LogP contribution in [0.25, 0.3) is 28.1 Å². The van der Waals surface area contributed by atoms with Gasteiger partial charge in [0.2, 0.25) is 0 Å². The summed E-state index contributed by atoms with van der Waals surface area (Å²) in [5.41, 5.74) is 5.25. The smallest absolute Gasteiger partial charge is 0.321 e. The number of aromatic nitrogens is 6. The molecule has 2 amide bonds. The van der Waals surface area contributed by atoms with Gasteiger partial charge < -0.3 is 10.2 Å². The number of nitrogens with one attached hydrogen (secondary N) is 2. The highest BCUT2D eigenvalue weighted by Gasteiger charge is 2.12. The molecule has 0 atom stereocenters. The normalized spacial score (nSPS) is 11.0. The van der Waals surface area contributed by atoms with E-state index in [0.29, 0.717) is 18.1 Å². The Labute approximate surface area is 196 Å². The van der Waals surface area contributed by atoms with Crippen LogP contribution in [0.1, 0.15) is 12.1 Å². The monoisotopic (exact) mass is 452 g/mol. The standard InChI is InChI=1S/C25H24N8O/c1-32(13-7-10-19-14-23(31-30-19)18-8-3-2-4-9-18)25(34)28-20-15-27-33(17-20)24-16-26-21-11-5-6-12-22(21)29-24/h2-6,8-9,11-12,14-17H,7,10,13H2,1H3,(H,28,34)(H,30,31). The summed E-state index contributed by atoms with van der Waals surface area (Å²) in [6.07, 6.45) is 6.59. The molecular formula is C25H24N8O. The van der Waals surface area contributed by atoms with E-state index in [4.69, 9.17) is 0 Å². The molecule has 34 heavy (non-hydrogen) atoms. The Hall–Kier alpha value is -4.53. The van der Waals surface area contributed by atoms with Crippen LogP contribution in [0.3, 0.4) is 0 Å². The van der Waals surface area contributed by atoms with E-state index in [-0.39, 0.29) is 6.03 Å². The van der Waals surface area contributed by atoms with Crippen molar-refractivity contribution in [3.8, 4) is 17.1 Å². The summed E-state index contributed by atoms with van der Waals surface area (Å²) in [6, 6.07) is 19.6. The van der Waals surface area contributed by atoms with Crippen LogP contribution < -0.4 is 5.32 Å². The van der Waals surface area contributed by atoms with Crippen LogP contribution in [0, 0.1) is 0 Å². The van der Waals surface area contributed by atoms with Gasteiger partial charge in [-0.05, 0) is 31.0 Å². The molecule has 9 heteroatoms. The number of carbonyl (C=O) groups excluding carboxylic acids is 1. The van der Waals surface area contributed by atoms with E-state index in [1.165, 1.54) is 0 Å². The van der Waals surface area contributed by atoms with Gasteiger partial charge in [0.1, 0.15) is 0 Å². The third-order valence-electron chi connectivity index (χ3n) is 5.49. The van der Waals surface area contributed by atoms with Gasteiger partial charge in [-0.25, -0.2) is 14.5 Å². The van der Waals surface area contributed by atoms with E-state index in [0.717, 1.165) is 40.8 Å². The number of carbonyl (C=O) groups is 1. The van der Waals surface area contributed by atoms with Crippen molar-refractivity contribution in [3.63, 3.8) is 0 Å². The summed E-state index contributed by atoms with van der Waals surface area (Å²) >= 11 is 0. The zero-order valence-corrected chi connectivity index (χ0v) is 18.7. The Bertz CT molecular complexity index is 1410. The van der Waals surface area contributed by atoms with Gasteiger partial charge in [0.25, 0.3) is 0 Å². The zero-order valence-electron chi connectivity index (χ0n) is 18.7. The number of benzene rings is 2. The molecule has 0 unspecified atom stereocenters. The number of aromatic amines is 1. The largest absolute Gasteiger partial charge is 0.328 e. The van der Waals surface area contributed by atoms with Gasteiger partial charge in [0.15, 0.2) is 5.82 Å². The Balaban J connectivity index is 1.13. The Morgan fingerprint density at radius 1 is 1.06 bits per heavy atom. The maximum atomic E-state index is 12.6. The molecule has 170 valence electrons. The van der Waals surface area contributed by atoms with E-state index >= 15 is 0 Å². The number of anilines is 1. The summed E-state index contributed by atoms with van der Waals surface area (Å²) in [7, 11) is 1.77. The minimum absolute atomic E-state index is 0.196. The predicted molar refractivity (Wildman–Crippen MR) is 131 cm³/mol. The number of hydrogen-bond acceptors (Lipinski definition) is 5. The van der Waals surface area contributed by atoms with Crippen molar-refractivity contribution in [2.75, 3.05) is 18.9 Å². The first-order valence-corrected chi connectivity index (χ1v) is 11.0. The lowest BCUT2D eigenvalue weighted by Crippen LogP contribution is -2.32. The number of nitrogens with zero attached hydrogens (tertiary/aromatic N) is 6. The molecule has 0 saturated carbocycles. The van der Waals surface area contributed by atoms with E-state index in [2.05, 4.69) is 36.6 Å². The maximum Gasteiger partial charge on any atom is 0.321 e. The van der Waals surface area contributed by atoms with Crippen LogP contribution in [0.15, 0.2) is 79.3 Å². The molecule has 0 radical (unpaired) electrons. The molecule has 0 saturated heterocycles. The maximum absolute atomic E-state index is 12.6. The Morgan fingerprint density at radius 2 is 1.85 bits per heavy atom. The fourth-order valence-corrected chi connectivity index (χ4v) is 3.64. The van der Waals surface area contributed by atoms with Crippen LogP contribution >= 0.6 is 0 Å². The Morgan fingerprint density at radius 3 is 2.71 bits per heavy atom. The molecule has 9 nitrogen and oxygen atoms in total. The number of urea groups is 1. The lowest BCUT2D eigenvalue weighted by molar-refractivity contribution is 0.222. The van der Waals surface area contributed by atoms with Crippen LogP contribution in [0.4, 0.5) is 10.5 Å². The highest BCUT2D eigenvalue weighted by atomic mass is 16.2. The van der Waals surface area contributed by atoms with Crippen molar-refractivity contribution in [1.82, 2.24) is 34.8 Å². The number of rotatable bonds is 7. The predicted octanol–water partition coefficient (Wildman–Crippen LogP) is 4.30. The van der Waals surface area contributed by atoms with E-state index < -0.39 is 0 Å². The third-order valence-corrected chi connectivity index (χ3v) is 5.49. The fraction of sp³-hybridized carbons (Fsp3) is 0.160. The number of aryl methyl sites for hydroxylation is 1. The first kappa shape index (κ1) is 21.3. The molecule has 0 aliphatic heterocycles. The second-order valence-corrected chi connectivity index (χ2v) is 7.99. The average molecular weight is 453 g/mol. The van der Waals surface area contributed by atoms with Crippen molar-refractivity contribution >= 4 is 22.8 Å². The topological polar surface area (TPSA) is 105 Å². The first-order chi connectivity index (χ1) is 16.7. The fourth-order valence-electron chi connectivity index (χ4n) is 3.64. The summed E-state index contributed by atoms with van der Waals surface area (Å²) in [5.74, 6) is 0.585. The van der Waals surface area contributed by atoms with Crippen molar-refractivity contribution in [2.45, 2.75) is 12.8 Å². The van der Waals surface area contributed by atoms with Crippen LogP contribution in [-0.2, 0) is 6.42 Å². The van der Waals surface area contributed by atoms with E-state index in [1.807, 2.05) is 54.6 Å². The first-order valence-electron chi connectivity index (χ1n) is 11.0. The van der Waals surface area contributed by atoms with E-state index in [1.54, 1.807) is 35.2 Å². The Kier molecular flexibility index (Phi) is 5.98. The number of hydrogen-bond donors (Lipinski definition) is 2. The van der Waals surface area contributed by atoms with E-state index in [9.17, 15) is 4.79 Å². The summed E-state index contributed by atoms with van der Waals surface area (Å²) in [5, 5.41) is 14.7. The number of fused-ring (bicyclic) bond motifs is 1. The molecule has 0 aliphatic carbocycles. The third kappa shape index (κ3) is 4.78. The van der Waals surface area contributed by atoms with Crippen molar-refractivity contribution < 1.29 is 4.79 Å². The van der Waals surface area contributed by atoms with Crippen molar-refractivity contribution in [2.24, 2.45) is 0 Å². The molecule has 0 aliphatic rings. The summed E-state index contributed by atoms with van der Waals surface area (Å²) < 4.78 is 1.59. The van der Waals surface area contributed by atoms with Gasteiger partial charge in [0, 0.05) is 24.8 Å². The van der Waals surface area contributed by atoms with Crippen molar-refractivity contribution in [1.29, 1.82) is 0 Å². The highest BCUT2D eigenvalue weighted by molar-refractivity contribution is 5.88. The molecule has 0 bridgehead atoms. The number of para-hydroxylation sites is 2. The zero-order chi connectivity index (χ0) is 23.3. The second-order valence-electron chi connectivity index (χ2n) is 7.99. The lowest BCUT2D eigenvalue weighted by atomic mass is 10.1. The van der Waals surface area contributed by atoms with Gasteiger partial charge >= 0.3 is 6.03 Å². The van der Waals surface area contributed by atoms with Gasteiger partial charge in [-0.2, -0.15) is 10.2 Å². The molecule has 3 aromatic heterocycles. The molecule has 2 aromatic carbocycles. The van der Waals surface area contributed by atoms with Gasteiger partial charge in [-0.1, -0.05) is 42.5 Å². The summed E-state index contributed by atoms with van der Waals surface area (Å²) in [6.45, 7) is 0.607. The quantitative estimate of drug-likeness (QED) is 0.383. The minimum atomic E-state index is -0.196. The van der Waals surface area contributed by atoms with Crippen LogP contribution in [0.2, 0.25) is 0 Å². The van der Waals surface area contributed by atoms with Gasteiger partial charge in [0.05, 0.1) is 41.0 Å². The minimum Gasteiger partial charge on any atom is -0.328 e. The number of amides is 2. The molecule has 2 N–H and O–H groups in total. The summed E-state index contributed by atoms with van der Waals surface area (Å²) in [4.78, 5) is 23.2. The van der Waals surface area contributed by atoms with Crippen LogP contribution in [-0.4, -0.2) is 54.5 Å². The SMILES string of the molecule is CN(CCCc1cc(-c2ccccc2)n[nH]1)C(=O)Nc1cnn(-c2cnc3ccccc3n2)c1.